The zero-order valence-electron chi connectivity index (χ0n) is 17.7. The minimum Gasteiger partial charge on any atom is -0.345 e. The largest absolute Gasteiger partial charge is 0.345 e. The van der Waals surface area contributed by atoms with Gasteiger partial charge in [-0.05, 0) is 68.5 Å². The Morgan fingerprint density at radius 1 is 1.16 bits per heavy atom. The van der Waals surface area contributed by atoms with Crippen LogP contribution in [-0.4, -0.2) is 25.7 Å². The van der Waals surface area contributed by atoms with E-state index in [1.807, 2.05) is 35.1 Å². The Hall–Kier alpha value is -3.67. The van der Waals surface area contributed by atoms with E-state index in [0.717, 1.165) is 41.9 Å². The molecule has 2 aromatic carbocycles. The predicted octanol–water partition coefficient (Wildman–Crippen LogP) is 4.69. The number of rotatable bonds is 4. The fraction of sp³-hybridized carbons (Fsp3) is 0.240. The van der Waals surface area contributed by atoms with Crippen molar-refractivity contribution in [2.45, 2.75) is 39.2 Å². The van der Waals surface area contributed by atoms with E-state index >= 15 is 0 Å². The number of H-pyrrole nitrogens is 1. The molecule has 2 N–H and O–H groups in total. The normalized spacial score (nSPS) is 15.5. The van der Waals surface area contributed by atoms with Crippen molar-refractivity contribution in [2.75, 3.05) is 0 Å². The van der Waals surface area contributed by atoms with E-state index in [-0.39, 0.29) is 11.9 Å². The van der Waals surface area contributed by atoms with Gasteiger partial charge in [-0.3, -0.25) is 4.79 Å². The van der Waals surface area contributed by atoms with E-state index in [1.165, 1.54) is 16.8 Å². The summed E-state index contributed by atoms with van der Waals surface area (Å²) in [6.45, 7) is 4.23. The second-order valence-electron chi connectivity index (χ2n) is 8.16. The molecule has 0 aliphatic heterocycles. The standard InChI is InChI=1S/C25H25N5O/c1-16-9-10-20(13-17(16)2)30-23-8-4-7-22(21(23)15-28-30)29-25(31)19-6-3-5-18(14-19)24-26-11-12-27-24/h3,5-6,9-15,22H,4,7-8H2,1-2H3,(H,26,27)(H,29,31). The molecule has 156 valence electrons. The van der Waals surface area contributed by atoms with Gasteiger partial charge >= 0.3 is 0 Å². The molecule has 1 aliphatic rings. The average Bonchev–Trinajstić information content (AvgIpc) is 3.47. The molecule has 0 saturated carbocycles. The summed E-state index contributed by atoms with van der Waals surface area (Å²) in [6, 6.07) is 13.9. The van der Waals surface area contributed by atoms with Crippen molar-refractivity contribution in [3.05, 3.63) is 89.0 Å². The number of carbonyl (C=O) groups is 1. The Kier molecular flexibility index (Phi) is 4.90. The van der Waals surface area contributed by atoms with Gasteiger partial charge in [-0.15, -0.1) is 0 Å². The summed E-state index contributed by atoms with van der Waals surface area (Å²) >= 11 is 0. The zero-order chi connectivity index (χ0) is 21.4. The van der Waals surface area contributed by atoms with E-state index in [0.29, 0.717) is 5.56 Å². The van der Waals surface area contributed by atoms with Crippen molar-refractivity contribution in [1.29, 1.82) is 0 Å². The van der Waals surface area contributed by atoms with Crippen molar-refractivity contribution in [2.24, 2.45) is 0 Å². The third-order valence-corrected chi connectivity index (χ3v) is 6.12. The molecule has 4 aromatic rings. The number of hydrogen-bond donors (Lipinski definition) is 2. The summed E-state index contributed by atoms with van der Waals surface area (Å²) in [6.07, 6.45) is 8.28. The highest BCUT2D eigenvalue weighted by Crippen LogP contribution is 2.32. The molecule has 0 fully saturated rings. The number of nitrogens with one attached hydrogen (secondary N) is 2. The SMILES string of the molecule is Cc1ccc(-n2ncc3c2CCCC3NC(=O)c2cccc(-c3ncc[nH]3)c2)cc1C. The summed E-state index contributed by atoms with van der Waals surface area (Å²) in [5.41, 5.74) is 7.41. The molecule has 0 radical (unpaired) electrons. The molecule has 1 amide bonds. The summed E-state index contributed by atoms with van der Waals surface area (Å²) in [5, 5.41) is 7.90. The molecule has 6 heteroatoms. The molecule has 0 spiro atoms. The van der Waals surface area contributed by atoms with Crippen LogP contribution in [0.5, 0.6) is 0 Å². The average molecular weight is 412 g/mol. The van der Waals surface area contributed by atoms with Gasteiger partial charge in [0.25, 0.3) is 5.91 Å². The van der Waals surface area contributed by atoms with Gasteiger partial charge < -0.3 is 10.3 Å². The Labute approximate surface area is 181 Å². The highest BCUT2D eigenvalue weighted by molar-refractivity contribution is 5.95. The maximum atomic E-state index is 13.0. The quantitative estimate of drug-likeness (QED) is 0.512. The van der Waals surface area contributed by atoms with Crippen molar-refractivity contribution in [1.82, 2.24) is 25.1 Å². The maximum Gasteiger partial charge on any atom is 0.251 e. The Morgan fingerprint density at radius 2 is 2.06 bits per heavy atom. The molecule has 1 atom stereocenters. The van der Waals surface area contributed by atoms with Gasteiger partial charge in [0.05, 0.1) is 17.9 Å². The lowest BCUT2D eigenvalue weighted by Gasteiger charge is -2.24. The zero-order valence-corrected chi connectivity index (χ0v) is 17.7. The van der Waals surface area contributed by atoms with Crippen LogP contribution in [-0.2, 0) is 6.42 Å². The topological polar surface area (TPSA) is 75.6 Å². The fourth-order valence-electron chi connectivity index (χ4n) is 4.26. The second-order valence-corrected chi connectivity index (χ2v) is 8.16. The Morgan fingerprint density at radius 3 is 2.87 bits per heavy atom. The lowest BCUT2D eigenvalue weighted by molar-refractivity contribution is 0.0932. The van der Waals surface area contributed by atoms with Crippen molar-refractivity contribution >= 4 is 5.91 Å². The first-order valence-electron chi connectivity index (χ1n) is 10.7. The molecular weight excluding hydrogens is 386 g/mol. The van der Waals surface area contributed by atoms with E-state index < -0.39 is 0 Å². The molecule has 0 bridgehead atoms. The van der Waals surface area contributed by atoms with Crippen molar-refractivity contribution in [3.63, 3.8) is 0 Å². The number of imidazole rings is 1. The van der Waals surface area contributed by atoms with E-state index in [1.54, 1.807) is 12.4 Å². The number of benzene rings is 2. The van der Waals surface area contributed by atoms with Gasteiger partial charge in [-0.25, -0.2) is 9.67 Å². The number of aryl methyl sites for hydroxylation is 2. The number of hydrogen-bond acceptors (Lipinski definition) is 3. The number of nitrogens with zero attached hydrogens (tertiary/aromatic N) is 3. The first-order chi connectivity index (χ1) is 15.1. The van der Waals surface area contributed by atoms with E-state index in [9.17, 15) is 4.79 Å². The summed E-state index contributed by atoms with van der Waals surface area (Å²) in [5.74, 6) is 0.675. The lowest BCUT2D eigenvalue weighted by atomic mass is 9.92. The van der Waals surface area contributed by atoms with Crippen LogP contribution in [0.2, 0.25) is 0 Å². The summed E-state index contributed by atoms with van der Waals surface area (Å²) in [4.78, 5) is 20.4. The number of aromatic amines is 1. The first kappa shape index (κ1) is 19.3. The molecule has 1 aliphatic carbocycles. The van der Waals surface area contributed by atoms with Gasteiger partial charge in [0, 0.05) is 34.8 Å². The van der Waals surface area contributed by atoms with Crippen LogP contribution in [0, 0.1) is 13.8 Å². The molecule has 31 heavy (non-hydrogen) atoms. The molecule has 6 nitrogen and oxygen atoms in total. The van der Waals surface area contributed by atoms with Crippen LogP contribution in [0.4, 0.5) is 0 Å². The van der Waals surface area contributed by atoms with Crippen LogP contribution in [0.1, 0.15) is 51.6 Å². The third-order valence-electron chi connectivity index (χ3n) is 6.12. The van der Waals surface area contributed by atoms with Crippen LogP contribution < -0.4 is 5.32 Å². The van der Waals surface area contributed by atoms with Gasteiger partial charge in [0.1, 0.15) is 5.82 Å². The highest BCUT2D eigenvalue weighted by Gasteiger charge is 2.26. The van der Waals surface area contributed by atoms with Gasteiger partial charge in [0.2, 0.25) is 0 Å². The van der Waals surface area contributed by atoms with Crippen molar-refractivity contribution in [3.8, 4) is 17.1 Å². The molecular formula is C25H25N5O. The number of amides is 1. The van der Waals surface area contributed by atoms with Gasteiger partial charge in [-0.1, -0.05) is 18.2 Å². The summed E-state index contributed by atoms with van der Waals surface area (Å²) < 4.78 is 2.03. The van der Waals surface area contributed by atoms with Gasteiger partial charge in [-0.2, -0.15) is 5.10 Å². The minimum atomic E-state index is -0.0785. The first-order valence-corrected chi connectivity index (χ1v) is 10.7. The number of fused-ring (bicyclic) bond motifs is 1. The predicted molar refractivity (Wildman–Crippen MR) is 120 cm³/mol. The highest BCUT2D eigenvalue weighted by atomic mass is 16.1. The maximum absolute atomic E-state index is 13.0. The Balaban J connectivity index is 1.40. The van der Waals surface area contributed by atoms with Crippen molar-refractivity contribution < 1.29 is 4.79 Å². The Bertz CT molecular complexity index is 1240. The number of aromatic nitrogens is 4. The van der Waals surface area contributed by atoms with E-state index in [4.69, 9.17) is 0 Å². The van der Waals surface area contributed by atoms with Crippen LogP contribution >= 0.6 is 0 Å². The molecule has 2 heterocycles. The second kappa shape index (κ2) is 7.87. The fourth-order valence-corrected chi connectivity index (χ4v) is 4.26. The lowest BCUT2D eigenvalue weighted by Crippen LogP contribution is -2.31. The molecule has 2 aromatic heterocycles. The molecule has 5 rings (SSSR count). The van der Waals surface area contributed by atoms with Crippen LogP contribution in [0.3, 0.4) is 0 Å². The summed E-state index contributed by atoms with van der Waals surface area (Å²) in [7, 11) is 0. The van der Waals surface area contributed by atoms with E-state index in [2.05, 4.69) is 52.4 Å². The van der Waals surface area contributed by atoms with Gasteiger partial charge in [0.15, 0.2) is 0 Å². The minimum absolute atomic E-state index is 0.0381. The molecule has 1 unspecified atom stereocenters. The molecule has 0 saturated heterocycles. The number of carbonyl (C=O) groups excluding carboxylic acids is 1. The monoisotopic (exact) mass is 411 g/mol. The van der Waals surface area contributed by atoms with Crippen LogP contribution in [0.25, 0.3) is 17.1 Å². The van der Waals surface area contributed by atoms with Crippen LogP contribution in [0.15, 0.2) is 61.1 Å². The smallest absolute Gasteiger partial charge is 0.251 e. The third kappa shape index (κ3) is 3.65.